The average Bonchev–Trinajstić information content (AvgIpc) is 3.52. The van der Waals surface area contributed by atoms with Crippen molar-refractivity contribution in [3.8, 4) is 11.4 Å². The third kappa shape index (κ3) is 3.38. The molecule has 2 fully saturated rings. The Morgan fingerprint density at radius 2 is 1.97 bits per heavy atom. The Hall–Kier alpha value is -2.59. The molecule has 2 N–H and O–H groups in total. The van der Waals surface area contributed by atoms with Crippen LogP contribution in [0.3, 0.4) is 0 Å². The SMILES string of the molecule is CCCCc1[nH]c2ccc(-c3nc4ccccc4[nH]3)cc2c1C1CCN2CCCC2C1. The van der Waals surface area contributed by atoms with Gasteiger partial charge in [-0.25, -0.2) is 4.98 Å². The highest BCUT2D eigenvalue weighted by molar-refractivity contribution is 5.90. The van der Waals surface area contributed by atoms with E-state index in [1.165, 1.54) is 73.8 Å². The van der Waals surface area contributed by atoms with E-state index in [0.29, 0.717) is 5.92 Å². The van der Waals surface area contributed by atoms with E-state index in [1.54, 1.807) is 5.56 Å². The van der Waals surface area contributed by atoms with Crippen LogP contribution in [0.5, 0.6) is 0 Å². The topological polar surface area (TPSA) is 47.7 Å². The van der Waals surface area contributed by atoms with Gasteiger partial charge in [-0.2, -0.15) is 0 Å². The Morgan fingerprint density at radius 3 is 2.87 bits per heavy atom. The molecule has 2 aliphatic heterocycles. The highest BCUT2D eigenvalue weighted by atomic mass is 15.2. The van der Waals surface area contributed by atoms with Crippen LogP contribution in [0.25, 0.3) is 33.3 Å². The highest BCUT2D eigenvalue weighted by Crippen LogP contribution is 2.41. The standard InChI is InChI=1S/C27H32N4/c1-2-3-8-25-26(18-13-15-31-14-6-7-20(31)16-18)21-17-19(11-12-22(21)28-25)27-29-23-9-4-5-10-24(23)30-27/h4-5,9-12,17-18,20,28H,2-3,6-8,13-16H2,1H3,(H,29,30). The zero-order valence-corrected chi connectivity index (χ0v) is 18.5. The van der Waals surface area contributed by atoms with E-state index in [4.69, 9.17) is 4.98 Å². The number of hydrogen-bond acceptors (Lipinski definition) is 2. The van der Waals surface area contributed by atoms with Crippen LogP contribution < -0.4 is 0 Å². The molecule has 0 aliphatic carbocycles. The van der Waals surface area contributed by atoms with Crippen LogP contribution in [0.15, 0.2) is 42.5 Å². The smallest absolute Gasteiger partial charge is 0.138 e. The number of aryl methyl sites for hydroxylation is 1. The number of rotatable bonds is 5. The maximum atomic E-state index is 4.86. The molecule has 2 aromatic heterocycles. The molecule has 2 saturated heterocycles. The number of benzene rings is 2. The maximum Gasteiger partial charge on any atom is 0.138 e. The minimum Gasteiger partial charge on any atom is -0.358 e. The molecule has 0 spiro atoms. The number of para-hydroxylation sites is 2. The maximum absolute atomic E-state index is 4.86. The lowest BCUT2D eigenvalue weighted by atomic mass is 9.83. The quantitative estimate of drug-likeness (QED) is 0.399. The van der Waals surface area contributed by atoms with Gasteiger partial charge in [0.2, 0.25) is 0 Å². The van der Waals surface area contributed by atoms with Gasteiger partial charge < -0.3 is 14.9 Å². The number of hydrogen-bond donors (Lipinski definition) is 2. The second-order valence-corrected chi connectivity index (χ2v) is 9.54. The van der Waals surface area contributed by atoms with Crippen molar-refractivity contribution in [1.82, 2.24) is 19.9 Å². The van der Waals surface area contributed by atoms with Crippen LogP contribution in [0.2, 0.25) is 0 Å². The number of piperidine rings is 1. The van der Waals surface area contributed by atoms with Crippen molar-refractivity contribution in [2.75, 3.05) is 13.1 Å². The molecular formula is C27H32N4. The summed E-state index contributed by atoms with van der Waals surface area (Å²) in [5, 5.41) is 1.42. The Bertz CT molecular complexity index is 1180. The zero-order valence-electron chi connectivity index (χ0n) is 18.5. The summed E-state index contributed by atoms with van der Waals surface area (Å²) in [6.45, 7) is 4.86. The summed E-state index contributed by atoms with van der Waals surface area (Å²) in [7, 11) is 0. The van der Waals surface area contributed by atoms with E-state index >= 15 is 0 Å². The van der Waals surface area contributed by atoms with Crippen molar-refractivity contribution in [3.63, 3.8) is 0 Å². The number of H-pyrrole nitrogens is 2. The van der Waals surface area contributed by atoms with Gasteiger partial charge in [-0.3, -0.25) is 0 Å². The van der Waals surface area contributed by atoms with E-state index in [0.717, 1.165) is 29.3 Å². The number of imidazole rings is 1. The first-order valence-electron chi connectivity index (χ1n) is 12.1. The molecule has 4 aromatic rings. The van der Waals surface area contributed by atoms with Crippen molar-refractivity contribution in [1.29, 1.82) is 0 Å². The van der Waals surface area contributed by atoms with Crippen molar-refractivity contribution in [2.45, 2.75) is 63.8 Å². The molecule has 2 atom stereocenters. The van der Waals surface area contributed by atoms with Crippen LogP contribution >= 0.6 is 0 Å². The van der Waals surface area contributed by atoms with Crippen molar-refractivity contribution >= 4 is 21.9 Å². The summed E-state index contributed by atoms with van der Waals surface area (Å²) < 4.78 is 0. The number of unbranched alkanes of at least 4 members (excludes halogenated alkanes) is 1. The lowest BCUT2D eigenvalue weighted by Crippen LogP contribution is -2.37. The van der Waals surface area contributed by atoms with Crippen molar-refractivity contribution in [3.05, 3.63) is 53.7 Å². The van der Waals surface area contributed by atoms with Crippen LogP contribution in [0.4, 0.5) is 0 Å². The van der Waals surface area contributed by atoms with Gasteiger partial charge in [-0.05, 0) is 93.4 Å². The zero-order chi connectivity index (χ0) is 20.8. The molecule has 0 saturated carbocycles. The Kier molecular flexibility index (Phi) is 4.83. The first-order valence-corrected chi connectivity index (χ1v) is 12.1. The number of fused-ring (bicyclic) bond motifs is 3. The molecule has 4 nitrogen and oxygen atoms in total. The van der Waals surface area contributed by atoms with E-state index in [2.05, 4.69) is 64.3 Å². The van der Waals surface area contributed by atoms with E-state index in [9.17, 15) is 0 Å². The fraction of sp³-hybridized carbons (Fsp3) is 0.444. The summed E-state index contributed by atoms with van der Waals surface area (Å²) in [6.07, 6.45) is 9.01. The average molecular weight is 413 g/mol. The molecule has 0 amide bonds. The Morgan fingerprint density at radius 1 is 1.03 bits per heavy atom. The largest absolute Gasteiger partial charge is 0.358 e. The predicted molar refractivity (Wildman–Crippen MR) is 129 cm³/mol. The molecule has 2 unspecified atom stereocenters. The molecule has 0 radical (unpaired) electrons. The molecule has 6 rings (SSSR count). The predicted octanol–water partition coefficient (Wildman–Crippen LogP) is 6.40. The fourth-order valence-corrected chi connectivity index (χ4v) is 6.01. The number of nitrogens with one attached hydrogen (secondary N) is 2. The minimum atomic E-state index is 0.672. The van der Waals surface area contributed by atoms with Crippen molar-refractivity contribution in [2.24, 2.45) is 0 Å². The first-order chi connectivity index (χ1) is 15.3. The van der Waals surface area contributed by atoms with E-state index < -0.39 is 0 Å². The lowest BCUT2D eigenvalue weighted by molar-refractivity contribution is 0.181. The summed E-state index contributed by atoms with van der Waals surface area (Å²) in [5.41, 5.74) is 7.69. The molecule has 2 aliphatic rings. The van der Waals surface area contributed by atoms with Crippen LogP contribution in [-0.4, -0.2) is 39.0 Å². The molecule has 160 valence electrons. The van der Waals surface area contributed by atoms with Gasteiger partial charge >= 0.3 is 0 Å². The van der Waals surface area contributed by atoms with Crippen LogP contribution in [0.1, 0.15) is 62.6 Å². The third-order valence-corrected chi connectivity index (χ3v) is 7.59. The monoisotopic (exact) mass is 412 g/mol. The van der Waals surface area contributed by atoms with E-state index in [-0.39, 0.29) is 0 Å². The van der Waals surface area contributed by atoms with Gasteiger partial charge in [0.15, 0.2) is 0 Å². The summed E-state index contributed by atoms with van der Waals surface area (Å²) in [5.74, 6) is 1.64. The summed E-state index contributed by atoms with van der Waals surface area (Å²) in [6, 6.07) is 15.9. The Balaban J connectivity index is 1.44. The number of aromatic amines is 2. The van der Waals surface area contributed by atoms with Crippen LogP contribution in [0, 0.1) is 0 Å². The minimum absolute atomic E-state index is 0.672. The normalized spacial score (nSPS) is 21.8. The second kappa shape index (κ2) is 7.83. The van der Waals surface area contributed by atoms with Crippen molar-refractivity contribution < 1.29 is 0 Å². The van der Waals surface area contributed by atoms with Gasteiger partial charge in [0.05, 0.1) is 11.0 Å². The molecule has 31 heavy (non-hydrogen) atoms. The third-order valence-electron chi connectivity index (χ3n) is 7.59. The second-order valence-electron chi connectivity index (χ2n) is 9.54. The van der Waals surface area contributed by atoms with Gasteiger partial charge in [0, 0.05) is 28.2 Å². The number of aromatic nitrogens is 3. The van der Waals surface area contributed by atoms with Gasteiger partial charge in [0.25, 0.3) is 0 Å². The van der Waals surface area contributed by atoms with E-state index in [1.807, 2.05) is 0 Å². The van der Waals surface area contributed by atoms with Gasteiger partial charge in [-0.1, -0.05) is 25.5 Å². The number of nitrogens with zero attached hydrogens (tertiary/aromatic N) is 2. The molecule has 2 aromatic carbocycles. The highest BCUT2D eigenvalue weighted by Gasteiger charge is 2.34. The summed E-state index contributed by atoms with van der Waals surface area (Å²) >= 11 is 0. The van der Waals surface area contributed by atoms with Gasteiger partial charge in [-0.15, -0.1) is 0 Å². The molecular weight excluding hydrogens is 380 g/mol. The van der Waals surface area contributed by atoms with Gasteiger partial charge in [0.1, 0.15) is 5.82 Å². The Labute approximate surface area is 184 Å². The fourth-order valence-electron chi connectivity index (χ4n) is 6.01. The summed E-state index contributed by atoms with van der Waals surface area (Å²) in [4.78, 5) is 14.9. The first kappa shape index (κ1) is 19.1. The van der Waals surface area contributed by atoms with Crippen LogP contribution in [-0.2, 0) is 6.42 Å². The molecule has 4 heteroatoms. The lowest BCUT2D eigenvalue weighted by Gasteiger charge is -2.35. The molecule has 4 heterocycles. The molecule has 0 bridgehead atoms.